The predicted octanol–water partition coefficient (Wildman–Crippen LogP) is 5.95. The molecule has 0 aromatic rings. The molecule has 0 nitrogen and oxygen atoms in total. The van der Waals surface area contributed by atoms with Crippen LogP contribution in [0.4, 0.5) is 0 Å². The zero-order valence-corrected chi connectivity index (χ0v) is 14.7. The summed E-state index contributed by atoms with van der Waals surface area (Å²) in [6.45, 7) is 0. The third-order valence-electron chi connectivity index (χ3n) is 5.03. The normalized spacial score (nSPS) is 26.9. The molecule has 0 aromatic heterocycles. The van der Waals surface area contributed by atoms with Gasteiger partial charge < -0.3 is 0 Å². The summed E-state index contributed by atoms with van der Waals surface area (Å²) in [6, 6.07) is 0. The Kier molecular flexibility index (Phi) is 8.23. The van der Waals surface area contributed by atoms with Crippen LogP contribution in [-0.4, -0.2) is 11.3 Å². The second-order valence-corrected chi connectivity index (χ2v) is 11.9. The molecule has 0 radical (unpaired) electrons. The van der Waals surface area contributed by atoms with Gasteiger partial charge in [0.25, 0.3) is 0 Å². The van der Waals surface area contributed by atoms with E-state index in [4.69, 9.17) is 0 Å². The summed E-state index contributed by atoms with van der Waals surface area (Å²) in [4.78, 5) is 0. The summed E-state index contributed by atoms with van der Waals surface area (Å²) in [6.07, 6.45) is 21.9. The fraction of sp³-hybridized carbons (Fsp3) is 1.00. The third kappa shape index (κ3) is 6.34. The first-order chi connectivity index (χ1) is 8.95. The summed E-state index contributed by atoms with van der Waals surface area (Å²) in [7, 11) is 1.72. The standard InChI is InChI=1S/C16H34P2/c1-3-7-11-15(12-8-4-1)17-18-16-13-9-5-2-6-10-14-16/h15-17H,1-14H2,18H3. The van der Waals surface area contributed by atoms with Crippen LogP contribution in [0, 0.1) is 0 Å². The first-order valence-corrected chi connectivity index (χ1v) is 12.9. The molecule has 2 saturated carbocycles. The van der Waals surface area contributed by atoms with Gasteiger partial charge >= 0.3 is 118 Å². The van der Waals surface area contributed by atoms with Crippen molar-refractivity contribution in [3.8, 4) is 0 Å². The van der Waals surface area contributed by atoms with Gasteiger partial charge in [-0.1, -0.05) is 0 Å². The molecule has 0 aromatic carbocycles. The van der Waals surface area contributed by atoms with Crippen LogP contribution in [0.1, 0.15) is 89.9 Å². The van der Waals surface area contributed by atoms with Crippen LogP contribution in [-0.2, 0) is 0 Å². The van der Waals surface area contributed by atoms with E-state index < -0.39 is 0 Å². The molecule has 0 N–H and O–H groups in total. The number of hydrogen-bond donors (Lipinski definition) is 0. The van der Waals surface area contributed by atoms with Crippen molar-refractivity contribution in [1.29, 1.82) is 0 Å². The summed E-state index contributed by atoms with van der Waals surface area (Å²) >= 11 is 0. The zero-order valence-electron chi connectivity index (χ0n) is 12.3. The molecule has 0 heterocycles. The zero-order chi connectivity index (χ0) is 12.5. The van der Waals surface area contributed by atoms with Crippen LogP contribution in [0.25, 0.3) is 0 Å². The maximum atomic E-state index is 1.62. The monoisotopic (exact) mass is 288 g/mol. The average Bonchev–Trinajstić information content (AvgIpc) is 2.29. The van der Waals surface area contributed by atoms with E-state index >= 15 is 0 Å². The Bertz CT molecular complexity index is 167. The van der Waals surface area contributed by atoms with Crippen molar-refractivity contribution in [1.82, 2.24) is 0 Å². The van der Waals surface area contributed by atoms with Crippen molar-refractivity contribution in [2.75, 3.05) is 0 Å². The van der Waals surface area contributed by atoms with E-state index in [1.54, 1.807) is 51.4 Å². The van der Waals surface area contributed by atoms with E-state index in [1.807, 2.05) is 0 Å². The molecular formula is C16H34P2. The van der Waals surface area contributed by atoms with E-state index in [0.29, 0.717) is 0 Å². The molecule has 2 rings (SSSR count). The van der Waals surface area contributed by atoms with Gasteiger partial charge in [-0.25, -0.2) is 0 Å². The summed E-state index contributed by atoms with van der Waals surface area (Å²) in [5.41, 5.74) is 2.43. The van der Waals surface area contributed by atoms with Crippen molar-refractivity contribution in [3.05, 3.63) is 0 Å². The van der Waals surface area contributed by atoms with Crippen LogP contribution in [0.3, 0.4) is 0 Å². The fourth-order valence-electron chi connectivity index (χ4n) is 3.74. The van der Waals surface area contributed by atoms with E-state index in [9.17, 15) is 0 Å². The molecule has 1 atom stereocenters. The fourth-order valence-corrected chi connectivity index (χ4v) is 10.7. The van der Waals surface area contributed by atoms with Crippen LogP contribution >= 0.6 is 16.5 Å². The van der Waals surface area contributed by atoms with Crippen LogP contribution in [0.15, 0.2) is 0 Å². The molecule has 0 aliphatic heterocycles. The first kappa shape index (κ1) is 15.3. The first-order valence-electron chi connectivity index (χ1n) is 8.68. The number of hydrogen-bond acceptors (Lipinski definition) is 0. The Morgan fingerprint density at radius 2 is 1.00 bits per heavy atom. The van der Waals surface area contributed by atoms with Gasteiger partial charge in [0.2, 0.25) is 0 Å². The SMILES string of the molecule is C1CCCC(P[PH3]C2CCCCCCC2)CCC1. The van der Waals surface area contributed by atoms with E-state index in [2.05, 4.69) is 0 Å². The van der Waals surface area contributed by atoms with Crippen molar-refractivity contribution in [3.63, 3.8) is 0 Å². The van der Waals surface area contributed by atoms with E-state index in [-0.39, 0.29) is 8.27 Å². The second-order valence-electron chi connectivity index (χ2n) is 6.66. The Morgan fingerprint density at radius 3 is 1.56 bits per heavy atom. The Balaban J connectivity index is 1.64. The quantitative estimate of drug-likeness (QED) is 0.563. The summed E-state index contributed by atoms with van der Waals surface area (Å²) < 4.78 is 0. The van der Waals surface area contributed by atoms with Crippen molar-refractivity contribution >= 4 is 16.5 Å². The molecule has 2 fully saturated rings. The van der Waals surface area contributed by atoms with E-state index in [1.165, 1.54) is 58.1 Å². The van der Waals surface area contributed by atoms with Crippen LogP contribution in [0.2, 0.25) is 0 Å². The average molecular weight is 288 g/mol. The van der Waals surface area contributed by atoms with Crippen molar-refractivity contribution in [2.24, 2.45) is 0 Å². The minimum absolute atomic E-state index is 0.284. The molecule has 2 heteroatoms. The van der Waals surface area contributed by atoms with Gasteiger partial charge in [0.1, 0.15) is 0 Å². The second kappa shape index (κ2) is 9.72. The van der Waals surface area contributed by atoms with Gasteiger partial charge in [0, 0.05) is 0 Å². The molecule has 1 unspecified atom stereocenters. The van der Waals surface area contributed by atoms with Gasteiger partial charge in [-0.3, -0.25) is 0 Å². The molecule has 0 saturated heterocycles. The Morgan fingerprint density at radius 1 is 0.556 bits per heavy atom. The molecule has 2 aliphatic rings. The summed E-state index contributed by atoms with van der Waals surface area (Å²) in [5.74, 6) is 0. The third-order valence-corrected chi connectivity index (χ3v) is 12.0. The summed E-state index contributed by atoms with van der Waals surface area (Å²) in [5, 5.41) is 0. The molecule has 0 amide bonds. The Hall–Kier alpha value is 0.860. The van der Waals surface area contributed by atoms with Gasteiger partial charge in [-0.15, -0.1) is 0 Å². The molecular weight excluding hydrogens is 254 g/mol. The maximum absolute atomic E-state index is 1.62. The van der Waals surface area contributed by atoms with Crippen molar-refractivity contribution in [2.45, 2.75) is 101 Å². The van der Waals surface area contributed by atoms with Gasteiger partial charge in [-0.05, 0) is 0 Å². The molecule has 108 valence electrons. The van der Waals surface area contributed by atoms with Crippen molar-refractivity contribution < 1.29 is 0 Å². The molecule has 2 aliphatic carbocycles. The molecule has 0 bridgehead atoms. The molecule has 0 spiro atoms. The van der Waals surface area contributed by atoms with Gasteiger partial charge in [0.15, 0.2) is 0 Å². The van der Waals surface area contributed by atoms with Gasteiger partial charge in [-0.2, -0.15) is 0 Å². The molecule has 18 heavy (non-hydrogen) atoms. The minimum atomic E-state index is 0.284. The Labute approximate surface area is 118 Å². The van der Waals surface area contributed by atoms with Crippen LogP contribution in [0.5, 0.6) is 0 Å². The topological polar surface area (TPSA) is 0 Å². The van der Waals surface area contributed by atoms with Crippen LogP contribution < -0.4 is 0 Å². The predicted molar refractivity (Wildman–Crippen MR) is 91.6 cm³/mol. The van der Waals surface area contributed by atoms with E-state index in [0.717, 1.165) is 0 Å². The van der Waals surface area contributed by atoms with Gasteiger partial charge in [0.05, 0.1) is 0 Å². The number of rotatable bonds is 3.